The predicted molar refractivity (Wildman–Crippen MR) is 118 cm³/mol. The average molecular weight is 459 g/mol. The van der Waals surface area contributed by atoms with Crippen LogP contribution in [0.15, 0.2) is 58.2 Å². The minimum atomic E-state index is -0.333. The van der Waals surface area contributed by atoms with Crippen molar-refractivity contribution < 1.29 is 23.1 Å². The first-order valence-electron chi connectivity index (χ1n) is 10.1. The van der Waals surface area contributed by atoms with Gasteiger partial charge in [0.05, 0.1) is 12.9 Å². The average Bonchev–Trinajstić information content (AvgIpc) is 3.30. The molecule has 4 rings (SSSR count). The zero-order valence-electron chi connectivity index (χ0n) is 17.6. The lowest BCUT2D eigenvalue weighted by atomic mass is 10.2. The third-order valence-corrected chi connectivity index (χ3v) is 5.82. The number of halogens is 1. The van der Waals surface area contributed by atoms with Gasteiger partial charge < -0.3 is 23.7 Å². The fourth-order valence-electron chi connectivity index (χ4n) is 3.25. The molecule has 0 N–H and O–H groups in total. The van der Waals surface area contributed by atoms with Crippen LogP contribution in [-0.4, -0.2) is 60.0 Å². The van der Waals surface area contributed by atoms with E-state index in [0.717, 1.165) is 24.5 Å². The van der Waals surface area contributed by atoms with Crippen molar-refractivity contribution in [1.29, 1.82) is 0 Å². The molecule has 8 nitrogen and oxygen atoms in total. The van der Waals surface area contributed by atoms with Crippen molar-refractivity contribution in [3.8, 4) is 11.5 Å². The summed E-state index contributed by atoms with van der Waals surface area (Å²) in [6.45, 7) is 2.93. The van der Waals surface area contributed by atoms with Crippen molar-refractivity contribution in [2.75, 3.05) is 43.9 Å². The Bertz CT molecular complexity index is 1020. The van der Waals surface area contributed by atoms with Crippen molar-refractivity contribution in [2.45, 2.75) is 11.8 Å². The molecule has 2 heterocycles. The van der Waals surface area contributed by atoms with Gasteiger partial charge >= 0.3 is 0 Å². The Morgan fingerprint density at radius 2 is 1.72 bits per heavy atom. The molecule has 0 radical (unpaired) electrons. The number of nitrogens with zero attached hydrogens (tertiary/aromatic N) is 4. The molecule has 1 amide bonds. The van der Waals surface area contributed by atoms with Crippen LogP contribution in [-0.2, 0) is 11.4 Å². The Morgan fingerprint density at radius 3 is 2.41 bits per heavy atom. The molecule has 0 saturated carbocycles. The summed E-state index contributed by atoms with van der Waals surface area (Å²) in [6, 6.07) is 13.6. The maximum absolute atomic E-state index is 12.9. The van der Waals surface area contributed by atoms with Crippen LogP contribution in [0.3, 0.4) is 0 Å². The summed E-state index contributed by atoms with van der Waals surface area (Å²) >= 11 is 1.20. The number of anilines is 1. The molecular formula is C22H23FN4O4S. The molecular weight excluding hydrogens is 435 g/mol. The fourth-order valence-corrected chi connectivity index (χ4v) is 3.94. The lowest BCUT2D eigenvalue weighted by Crippen LogP contribution is -2.49. The monoisotopic (exact) mass is 458 g/mol. The van der Waals surface area contributed by atoms with Crippen molar-refractivity contribution in [1.82, 2.24) is 15.1 Å². The molecule has 1 fully saturated rings. The number of ether oxygens (including phenoxy) is 2. The SMILES string of the molecule is COc1ccc(N2CCN(C(=O)CSc3nnc(COc4ccc(F)cc4)o3)CC2)cc1. The molecule has 32 heavy (non-hydrogen) atoms. The number of thioether (sulfide) groups is 1. The van der Waals surface area contributed by atoms with E-state index in [4.69, 9.17) is 13.9 Å². The van der Waals surface area contributed by atoms with Crippen molar-refractivity contribution >= 4 is 23.4 Å². The number of rotatable bonds is 8. The number of piperazine rings is 1. The Labute approximate surface area is 189 Å². The van der Waals surface area contributed by atoms with Gasteiger partial charge in [-0.15, -0.1) is 10.2 Å². The normalized spacial score (nSPS) is 13.8. The number of methoxy groups -OCH3 is 1. The fraction of sp³-hybridized carbons (Fsp3) is 0.318. The molecule has 0 bridgehead atoms. The highest BCUT2D eigenvalue weighted by Gasteiger charge is 2.22. The van der Waals surface area contributed by atoms with Crippen LogP contribution >= 0.6 is 11.8 Å². The van der Waals surface area contributed by atoms with E-state index in [0.29, 0.717) is 24.1 Å². The summed E-state index contributed by atoms with van der Waals surface area (Å²) in [5, 5.41) is 8.17. The first-order chi connectivity index (χ1) is 15.6. The summed E-state index contributed by atoms with van der Waals surface area (Å²) in [5.41, 5.74) is 1.12. The maximum Gasteiger partial charge on any atom is 0.277 e. The van der Waals surface area contributed by atoms with Crippen LogP contribution in [0, 0.1) is 5.82 Å². The van der Waals surface area contributed by atoms with Gasteiger partial charge in [0.2, 0.25) is 5.91 Å². The molecule has 1 aromatic heterocycles. The quantitative estimate of drug-likeness (QED) is 0.476. The lowest BCUT2D eigenvalue weighted by molar-refractivity contribution is -0.128. The zero-order chi connectivity index (χ0) is 22.3. The molecule has 2 aromatic carbocycles. The standard InChI is InChI=1S/C22H23FN4O4S/c1-29-18-8-4-17(5-9-18)26-10-12-27(13-11-26)21(28)15-32-22-25-24-20(31-22)14-30-19-6-2-16(23)3-7-19/h2-9H,10-15H2,1H3. The molecule has 168 valence electrons. The highest BCUT2D eigenvalue weighted by atomic mass is 32.2. The van der Waals surface area contributed by atoms with Crippen LogP contribution in [0.1, 0.15) is 5.89 Å². The molecule has 1 aliphatic heterocycles. The Kier molecular flexibility index (Phi) is 7.10. The molecule has 0 spiro atoms. The summed E-state index contributed by atoms with van der Waals surface area (Å²) in [7, 11) is 1.65. The third-order valence-electron chi connectivity index (χ3n) is 5.01. The molecule has 1 saturated heterocycles. The highest BCUT2D eigenvalue weighted by Crippen LogP contribution is 2.22. The van der Waals surface area contributed by atoms with E-state index in [2.05, 4.69) is 15.1 Å². The minimum absolute atomic E-state index is 0.0340. The number of benzene rings is 2. The van der Waals surface area contributed by atoms with Crippen molar-refractivity contribution in [3.63, 3.8) is 0 Å². The molecule has 10 heteroatoms. The van der Waals surface area contributed by atoms with Gasteiger partial charge in [0.15, 0.2) is 6.61 Å². The van der Waals surface area contributed by atoms with Crippen LogP contribution in [0.5, 0.6) is 11.5 Å². The van der Waals surface area contributed by atoms with Crippen LogP contribution in [0.4, 0.5) is 10.1 Å². The first-order valence-corrected chi connectivity index (χ1v) is 11.1. The summed E-state index contributed by atoms with van der Waals surface area (Å²) in [5.74, 6) is 1.54. The molecule has 0 unspecified atom stereocenters. The van der Waals surface area contributed by atoms with E-state index in [9.17, 15) is 9.18 Å². The smallest absolute Gasteiger partial charge is 0.277 e. The van der Waals surface area contributed by atoms with Crippen molar-refractivity contribution in [2.24, 2.45) is 0 Å². The van der Waals surface area contributed by atoms with Gasteiger partial charge in [0.25, 0.3) is 11.1 Å². The summed E-state index contributed by atoms with van der Waals surface area (Å²) in [4.78, 5) is 16.7. The Balaban J connectivity index is 1.20. The van der Waals surface area contributed by atoms with Gasteiger partial charge in [-0.05, 0) is 48.5 Å². The van der Waals surface area contributed by atoms with Gasteiger partial charge in [0.1, 0.15) is 17.3 Å². The Hall–Kier alpha value is -3.27. The molecule has 0 atom stereocenters. The first kappa shape index (κ1) is 21.9. The maximum atomic E-state index is 12.9. The zero-order valence-corrected chi connectivity index (χ0v) is 18.4. The molecule has 3 aromatic rings. The van der Waals surface area contributed by atoms with E-state index in [1.54, 1.807) is 7.11 Å². The van der Waals surface area contributed by atoms with Crippen LogP contribution < -0.4 is 14.4 Å². The molecule has 1 aliphatic rings. The summed E-state index contributed by atoms with van der Waals surface area (Å²) < 4.78 is 29.1. The number of amides is 1. The number of carbonyl (C=O) groups excluding carboxylic acids is 1. The van der Waals surface area contributed by atoms with E-state index in [1.165, 1.54) is 36.0 Å². The van der Waals surface area contributed by atoms with E-state index < -0.39 is 0 Å². The number of hydrogen-bond acceptors (Lipinski definition) is 8. The van der Waals surface area contributed by atoms with Gasteiger partial charge in [-0.25, -0.2) is 4.39 Å². The Morgan fingerprint density at radius 1 is 1.03 bits per heavy atom. The van der Waals surface area contributed by atoms with Gasteiger partial charge in [-0.3, -0.25) is 4.79 Å². The van der Waals surface area contributed by atoms with E-state index in [1.807, 2.05) is 29.2 Å². The number of carbonyl (C=O) groups is 1. The second kappa shape index (κ2) is 10.4. The van der Waals surface area contributed by atoms with Crippen LogP contribution in [0.2, 0.25) is 0 Å². The highest BCUT2D eigenvalue weighted by molar-refractivity contribution is 7.99. The van der Waals surface area contributed by atoms with Gasteiger partial charge in [-0.2, -0.15) is 0 Å². The van der Waals surface area contributed by atoms with Crippen LogP contribution in [0.25, 0.3) is 0 Å². The summed E-state index contributed by atoms with van der Waals surface area (Å²) in [6.07, 6.45) is 0. The second-order valence-electron chi connectivity index (χ2n) is 7.06. The largest absolute Gasteiger partial charge is 0.497 e. The number of hydrogen-bond donors (Lipinski definition) is 0. The minimum Gasteiger partial charge on any atom is -0.497 e. The number of aromatic nitrogens is 2. The molecule has 0 aliphatic carbocycles. The van der Waals surface area contributed by atoms with E-state index >= 15 is 0 Å². The topological polar surface area (TPSA) is 80.9 Å². The van der Waals surface area contributed by atoms with E-state index in [-0.39, 0.29) is 30.0 Å². The lowest BCUT2D eigenvalue weighted by Gasteiger charge is -2.36. The van der Waals surface area contributed by atoms with Gasteiger partial charge in [0, 0.05) is 31.9 Å². The third kappa shape index (κ3) is 5.70. The van der Waals surface area contributed by atoms with Gasteiger partial charge in [-0.1, -0.05) is 11.8 Å². The van der Waals surface area contributed by atoms with Crippen molar-refractivity contribution in [3.05, 3.63) is 60.2 Å². The predicted octanol–water partition coefficient (Wildman–Crippen LogP) is 3.24. The second-order valence-corrected chi connectivity index (χ2v) is 7.99.